The number of hydrogen-bond donors (Lipinski definition) is 1. The van der Waals surface area contributed by atoms with E-state index >= 15 is 0 Å². The van der Waals surface area contributed by atoms with Gasteiger partial charge < -0.3 is 19.1 Å². The number of alkyl halides is 1. The zero-order chi connectivity index (χ0) is 25.5. The Morgan fingerprint density at radius 3 is 2.61 bits per heavy atom. The maximum atomic E-state index is 12.7. The van der Waals surface area contributed by atoms with Crippen LogP contribution in [-0.2, 0) is 11.3 Å². The van der Waals surface area contributed by atoms with E-state index in [-0.39, 0.29) is 23.6 Å². The van der Waals surface area contributed by atoms with Gasteiger partial charge in [-0.15, -0.1) is 0 Å². The fraction of sp³-hybridized carbons (Fsp3) is 0.400. The van der Waals surface area contributed by atoms with E-state index in [1.54, 1.807) is 30.3 Å². The number of hydrazone groups is 1. The molecule has 4 rings (SSSR count). The number of piperidine rings is 1. The standard InChI is InChI=1S/C25H29FN4O5S/c1-29-11-9-20(10-12-29)35-24(31)27-19-6-3-17(4-7-19)14-30-25(32)36-15-21(28-30)18-5-8-22(33-2)23(13-18)34-16-26/h3-8,13,20H,9-12,14-16H2,1-2H3,(H,27,31). The van der Waals surface area contributed by atoms with Gasteiger partial charge in [-0.25, -0.2) is 14.2 Å². The minimum atomic E-state index is -0.980. The molecule has 2 amide bonds. The number of hydrogen-bond acceptors (Lipinski definition) is 8. The molecule has 0 aliphatic carbocycles. The highest BCUT2D eigenvalue weighted by molar-refractivity contribution is 8.14. The fourth-order valence-electron chi connectivity index (χ4n) is 3.96. The summed E-state index contributed by atoms with van der Waals surface area (Å²) in [6, 6.07) is 12.3. The normalized spacial score (nSPS) is 16.9. The van der Waals surface area contributed by atoms with E-state index in [2.05, 4.69) is 22.4 Å². The number of carbonyl (C=O) groups is 2. The Morgan fingerprint density at radius 1 is 1.17 bits per heavy atom. The van der Waals surface area contributed by atoms with Gasteiger partial charge in [0.2, 0.25) is 6.86 Å². The third-order valence-electron chi connectivity index (χ3n) is 5.96. The summed E-state index contributed by atoms with van der Waals surface area (Å²) in [4.78, 5) is 26.9. The summed E-state index contributed by atoms with van der Waals surface area (Å²) in [7, 11) is 3.53. The van der Waals surface area contributed by atoms with Crippen LogP contribution in [0.5, 0.6) is 11.5 Å². The highest BCUT2D eigenvalue weighted by Gasteiger charge is 2.24. The van der Waals surface area contributed by atoms with Crippen LogP contribution in [0.4, 0.5) is 19.7 Å². The summed E-state index contributed by atoms with van der Waals surface area (Å²) in [5.41, 5.74) is 2.84. The lowest BCUT2D eigenvalue weighted by Crippen LogP contribution is -2.36. The molecule has 0 radical (unpaired) electrons. The summed E-state index contributed by atoms with van der Waals surface area (Å²) in [6.07, 6.45) is 1.12. The number of carbonyl (C=O) groups excluding carboxylic acids is 2. The molecule has 36 heavy (non-hydrogen) atoms. The van der Waals surface area contributed by atoms with Gasteiger partial charge in [-0.3, -0.25) is 10.1 Å². The molecule has 1 saturated heterocycles. The number of rotatable bonds is 8. The van der Waals surface area contributed by atoms with E-state index in [1.807, 2.05) is 12.1 Å². The lowest BCUT2D eigenvalue weighted by Gasteiger charge is -2.28. The smallest absolute Gasteiger partial charge is 0.411 e. The Kier molecular flexibility index (Phi) is 8.65. The average Bonchev–Trinajstić information content (AvgIpc) is 2.88. The maximum absolute atomic E-state index is 12.7. The van der Waals surface area contributed by atoms with Crippen molar-refractivity contribution in [3.05, 3.63) is 53.6 Å². The molecular weight excluding hydrogens is 487 g/mol. The van der Waals surface area contributed by atoms with Crippen molar-refractivity contribution >= 4 is 34.5 Å². The van der Waals surface area contributed by atoms with Gasteiger partial charge in [0.1, 0.15) is 6.10 Å². The molecule has 0 spiro atoms. The molecule has 9 nitrogen and oxygen atoms in total. The number of nitrogens with zero attached hydrogens (tertiary/aromatic N) is 3. The fourth-order valence-corrected chi connectivity index (χ4v) is 4.70. The topological polar surface area (TPSA) is 92.7 Å². The lowest BCUT2D eigenvalue weighted by molar-refractivity contribution is 0.0662. The van der Waals surface area contributed by atoms with Gasteiger partial charge in [0.25, 0.3) is 0 Å². The molecule has 192 valence electrons. The molecule has 2 heterocycles. The van der Waals surface area contributed by atoms with Crippen molar-refractivity contribution < 1.29 is 28.2 Å². The number of methoxy groups -OCH3 is 1. The van der Waals surface area contributed by atoms with Gasteiger partial charge in [-0.2, -0.15) is 5.10 Å². The molecule has 1 fully saturated rings. The van der Waals surface area contributed by atoms with Crippen LogP contribution in [0.3, 0.4) is 0 Å². The zero-order valence-electron chi connectivity index (χ0n) is 20.2. The Hall–Kier alpha value is -3.31. The third-order valence-corrected chi connectivity index (χ3v) is 6.84. The first-order valence-electron chi connectivity index (χ1n) is 11.6. The Balaban J connectivity index is 1.38. The van der Waals surface area contributed by atoms with Crippen LogP contribution in [0, 0.1) is 0 Å². The number of likely N-dealkylation sites (tertiary alicyclic amines) is 1. The molecular formula is C25H29FN4O5S. The summed E-state index contributed by atoms with van der Waals surface area (Å²) >= 11 is 1.14. The minimum absolute atomic E-state index is 0.0690. The molecule has 0 saturated carbocycles. The van der Waals surface area contributed by atoms with Gasteiger partial charge >= 0.3 is 11.3 Å². The van der Waals surface area contributed by atoms with Crippen molar-refractivity contribution in [3.8, 4) is 11.5 Å². The van der Waals surface area contributed by atoms with Gasteiger partial charge in [-0.1, -0.05) is 23.9 Å². The van der Waals surface area contributed by atoms with Crippen LogP contribution < -0.4 is 14.8 Å². The van der Waals surface area contributed by atoms with E-state index in [1.165, 1.54) is 12.1 Å². The first-order valence-corrected chi connectivity index (χ1v) is 12.6. The monoisotopic (exact) mass is 516 g/mol. The number of halogens is 1. The first kappa shape index (κ1) is 25.8. The molecule has 2 aliphatic rings. The van der Waals surface area contributed by atoms with E-state index in [0.29, 0.717) is 28.5 Å². The Morgan fingerprint density at radius 2 is 1.92 bits per heavy atom. The summed E-state index contributed by atoms with van der Waals surface area (Å²) in [5.74, 6) is 1.07. The first-order chi connectivity index (χ1) is 17.4. The zero-order valence-corrected chi connectivity index (χ0v) is 21.1. The lowest BCUT2D eigenvalue weighted by atomic mass is 10.1. The van der Waals surface area contributed by atoms with Crippen LogP contribution >= 0.6 is 11.8 Å². The summed E-state index contributed by atoms with van der Waals surface area (Å²) in [5, 5.41) is 8.50. The maximum Gasteiger partial charge on any atom is 0.411 e. The minimum Gasteiger partial charge on any atom is -0.493 e. The molecule has 11 heteroatoms. The highest BCUT2D eigenvalue weighted by atomic mass is 32.2. The van der Waals surface area contributed by atoms with Crippen molar-refractivity contribution in [1.82, 2.24) is 9.91 Å². The number of thioether (sulfide) groups is 1. The van der Waals surface area contributed by atoms with E-state index in [4.69, 9.17) is 14.2 Å². The number of amides is 2. The number of anilines is 1. The SMILES string of the molecule is COc1ccc(C2=NN(Cc3ccc(NC(=O)OC4CCN(C)CC4)cc3)C(=O)SC2)cc1OCF. The number of ether oxygens (including phenoxy) is 3. The molecule has 1 N–H and O–H groups in total. The molecule has 0 bridgehead atoms. The van der Waals surface area contributed by atoms with Crippen LogP contribution in [0.15, 0.2) is 47.6 Å². The Labute approximate surface area is 213 Å². The largest absolute Gasteiger partial charge is 0.493 e. The summed E-state index contributed by atoms with van der Waals surface area (Å²) < 4.78 is 28.5. The van der Waals surface area contributed by atoms with E-state index < -0.39 is 13.0 Å². The van der Waals surface area contributed by atoms with Crippen LogP contribution in [0.1, 0.15) is 24.0 Å². The second-order valence-electron chi connectivity index (χ2n) is 8.51. The predicted molar refractivity (Wildman–Crippen MR) is 137 cm³/mol. The van der Waals surface area contributed by atoms with E-state index in [9.17, 15) is 14.0 Å². The summed E-state index contributed by atoms with van der Waals surface area (Å²) in [6.45, 7) is 1.11. The van der Waals surface area contributed by atoms with Crippen molar-refractivity contribution in [1.29, 1.82) is 0 Å². The van der Waals surface area contributed by atoms with E-state index in [0.717, 1.165) is 43.3 Å². The van der Waals surface area contributed by atoms with Gasteiger partial charge in [0.05, 0.1) is 19.4 Å². The van der Waals surface area contributed by atoms with Crippen LogP contribution in [0.2, 0.25) is 0 Å². The second-order valence-corrected chi connectivity index (χ2v) is 9.43. The Bertz CT molecular complexity index is 1110. The third kappa shape index (κ3) is 6.67. The molecule has 2 aliphatic heterocycles. The number of benzene rings is 2. The van der Waals surface area contributed by atoms with Crippen LogP contribution in [0.25, 0.3) is 0 Å². The average molecular weight is 517 g/mol. The van der Waals surface area contributed by atoms with Crippen molar-refractivity contribution in [2.75, 3.05) is 45.2 Å². The second kappa shape index (κ2) is 12.1. The molecule has 0 unspecified atom stereocenters. The van der Waals surface area contributed by atoms with Gasteiger partial charge in [-0.05, 0) is 55.8 Å². The van der Waals surface area contributed by atoms with Crippen molar-refractivity contribution in [2.24, 2.45) is 5.10 Å². The van der Waals surface area contributed by atoms with Gasteiger partial charge in [0.15, 0.2) is 11.5 Å². The quantitative estimate of drug-likeness (QED) is 0.543. The predicted octanol–water partition coefficient (Wildman–Crippen LogP) is 4.72. The van der Waals surface area contributed by atoms with Gasteiger partial charge in [0, 0.05) is 30.1 Å². The van der Waals surface area contributed by atoms with Crippen LogP contribution in [-0.4, -0.2) is 72.9 Å². The highest BCUT2D eigenvalue weighted by Crippen LogP contribution is 2.30. The van der Waals surface area contributed by atoms with Crippen molar-refractivity contribution in [2.45, 2.75) is 25.5 Å². The molecule has 2 aromatic rings. The molecule has 0 aromatic heterocycles. The van der Waals surface area contributed by atoms with Crippen molar-refractivity contribution in [3.63, 3.8) is 0 Å². The number of nitrogens with one attached hydrogen (secondary N) is 1. The molecule has 2 aromatic carbocycles. The molecule has 0 atom stereocenters.